The van der Waals surface area contributed by atoms with Gasteiger partial charge < -0.3 is 15.2 Å². The molecule has 0 unspecified atom stereocenters. The average Bonchev–Trinajstić information content (AvgIpc) is 2.91. The molecular formula is C17H25Cl2F3N4O. The van der Waals surface area contributed by atoms with Gasteiger partial charge in [-0.05, 0) is 45.5 Å². The molecule has 2 rings (SSSR count). The van der Waals surface area contributed by atoms with E-state index in [9.17, 15) is 18.0 Å². The Bertz CT molecular complexity index is 762. The molecule has 1 aromatic carbocycles. The van der Waals surface area contributed by atoms with E-state index in [1.54, 1.807) is 13.8 Å². The highest BCUT2D eigenvalue weighted by atomic mass is 35.5. The first-order valence-electron chi connectivity index (χ1n) is 8.25. The van der Waals surface area contributed by atoms with E-state index in [-0.39, 0.29) is 42.3 Å². The summed E-state index contributed by atoms with van der Waals surface area (Å²) >= 11 is 0. The SMILES string of the molecule is CCN[C@H](C)CNC(=O)c1ccc2c(c1)nc(C(F)(F)F)n2C(C)C.Cl.Cl. The number of benzene rings is 1. The van der Waals surface area contributed by atoms with Gasteiger partial charge in [0.2, 0.25) is 5.82 Å². The number of carbonyl (C=O) groups excluding carboxylic acids is 1. The number of hydrogen-bond acceptors (Lipinski definition) is 3. The van der Waals surface area contributed by atoms with Crippen LogP contribution in [0.5, 0.6) is 0 Å². The minimum absolute atomic E-state index is 0. The number of nitrogens with zero attached hydrogens (tertiary/aromatic N) is 2. The smallest absolute Gasteiger partial charge is 0.350 e. The van der Waals surface area contributed by atoms with Crippen LogP contribution in [-0.4, -0.2) is 34.6 Å². The number of carbonyl (C=O) groups is 1. The molecule has 1 heterocycles. The van der Waals surface area contributed by atoms with E-state index in [1.165, 1.54) is 18.2 Å². The molecule has 1 amide bonds. The predicted molar refractivity (Wildman–Crippen MR) is 105 cm³/mol. The third-order valence-corrected chi connectivity index (χ3v) is 3.84. The van der Waals surface area contributed by atoms with Crippen LogP contribution in [0, 0.1) is 0 Å². The van der Waals surface area contributed by atoms with Gasteiger partial charge in [0.05, 0.1) is 11.0 Å². The Balaban J connectivity index is 0.00000338. The summed E-state index contributed by atoms with van der Waals surface area (Å²) in [4.78, 5) is 15.9. The molecule has 0 fully saturated rings. The van der Waals surface area contributed by atoms with E-state index in [0.717, 1.165) is 11.1 Å². The zero-order chi connectivity index (χ0) is 18.8. The first kappa shape index (κ1) is 25.5. The zero-order valence-corrected chi connectivity index (χ0v) is 17.2. The van der Waals surface area contributed by atoms with E-state index in [0.29, 0.717) is 17.6 Å². The summed E-state index contributed by atoms with van der Waals surface area (Å²) in [5, 5.41) is 5.93. The normalized spacial score (nSPS) is 12.4. The molecule has 1 aromatic heterocycles. The zero-order valence-electron chi connectivity index (χ0n) is 15.6. The number of alkyl halides is 3. The minimum atomic E-state index is -4.55. The molecule has 2 N–H and O–H groups in total. The van der Waals surface area contributed by atoms with Gasteiger partial charge in [-0.3, -0.25) is 4.79 Å². The van der Waals surface area contributed by atoms with Gasteiger partial charge in [0, 0.05) is 24.2 Å². The predicted octanol–water partition coefficient (Wildman–Crippen LogP) is 4.21. The fourth-order valence-corrected chi connectivity index (χ4v) is 2.73. The second-order valence-corrected chi connectivity index (χ2v) is 6.27. The molecule has 27 heavy (non-hydrogen) atoms. The summed E-state index contributed by atoms with van der Waals surface area (Å²) in [7, 11) is 0. The number of fused-ring (bicyclic) bond motifs is 1. The van der Waals surface area contributed by atoms with E-state index in [1.807, 2.05) is 13.8 Å². The monoisotopic (exact) mass is 428 g/mol. The van der Waals surface area contributed by atoms with Gasteiger partial charge in [0.1, 0.15) is 0 Å². The molecule has 0 bridgehead atoms. The topological polar surface area (TPSA) is 58.9 Å². The van der Waals surface area contributed by atoms with Gasteiger partial charge in [-0.25, -0.2) is 4.98 Å². The summed E-state index contributed by atoms with van der Waals surface area (Å²) in [6.45, 7) is 8.45. The number of amides is 1. The Morgan fingerprint density at radius 2 is 1.85 bits per heavy atom. The van der Waals surface area contributed by atoms with Crippen LogP contribution in [0.3, 0.4) is 0 Å². The van der Waals surface area contributed by atoms with Crippen LogP contribution in [-0.2, 0) is 6.18 Å². The number of hydrogen-bond donors (Lipinski definition) is 2. The number of nitrogens with one attached hydrogen (secondary N) is 2. The van der Waals surface area contributed by atoms with Crippen molar-refractivity contribution >= 4 is 41.8 Å². The maximum absolute atomic E-state index is 13.2. The summed E-state index contributed by atoms with van der Waals surface area (Å²) in [6.07, 6.45) is -4.55. The summed E-state index contributed by atoms with van der Waals surface area (Å²) < 4.78 is 40.8. The van der Waals surface area contributed by atoms with Gasteiger partial charge in [0.15, 0.2) is 0 Å². The molecule has 0 aliphatic carbocycles. The molecule has 10 heteroatoms. The van der Waals surface area contributed by atoms with Gasteiger partial charge in [0.25, 0.3) is 5.91 Å². The van der Waals surface area contributed by atoms with Crippen molar-refractivity contribution in [1.82, 2.24) is 20.2 Å². The van der Waals surface area contributed by atoms with Crippen molar-refractivity contribution in [3.05, 3.63) is 29.6 Å². The molecule has 1 atom stereocenters. The Hall–Kier alpha value is -1.51. The fourth-order valence-electron chi connectivity index (χ4n) is 2.73. The molecular weight excluding hydrogens is 404 g/mol. The quantitative estimate of drug-likeness (QED) is 0.724. The van der Waals surface area contributed by atoms with Gasteiger partial charge >= 0.3 is 6.18 Å². The molecule has 0 saturated heterocycles. The number of likely N-dealkylation sites (N-methyl/N-ethyl adjacent to an activating group) is 1. The van der Waals surface area contributed by atoms with Crippen molar-refractivity contribution in [2.45, 2.75) is 46.0 Å². The van der Waals surface area contributed by atoms with Crippen molar-refractivity contribution < 1.29 is 18.0 Å². The summed E-state index contributed by atoms with van der Waals surface area (Å²) in [6, 6.07) is 4.14. The Kier molecular flexibility index (Phi) is 9.58. The first-order chi connectivity index (χ1) is 11.6. The number of aromatic nitrogens is 2. The highest BCUT2D eigenvalue weighted by Crippen LogP contribution is 2.33. The van der Waals surface area contributed by atoms with Crippen LogP contribution in [0.1, 0.15) is 49.9 Å². The van der Waals surface area contributed by atoms with Crippen LogP contribution in [0.15, 0.2) is 18.2 Å². The number of imidazole rings is 1. The maximum Gasteiger partial charge on any atom is 0.449 e. The first-order valence-corrected chi connectivity index (χ1v) is 8.25. The highest BCUT2D eigenvalue weighted by molar-refractivity contribution is 5.97. The van der Waals surface area contributed by atoms with E-state index in [2.05, 4.69) is 15.6 Å². The standard InChI is InChI=1S/C17H23F3N4O.2ClH/c1-5-21-11(4)9-22-15(25)12-6-7-14-13(8-12)23-16(17(18,19)20)24(14)10(2)3;;/h6-8,10-11,21H,5,9H2,1-4H3,(H,22,25);2*1H/t11-;;/m1../s1. The lowest BCUT2D eigenvalue weighted by Crippen LogP contribution is -2.38. The summed E-state index contributed by atoms with van der Waals surface area (Å²) in [5.41, 5.74) is 0.812. The highest BCUT2D eigenvalue weighted by Gasteiger charge is 2.38. The summed E-state index contributed by atoms with van der Waals surface area (Å²) in [5.74, 6) is -1.28. The molecule has 0 aliphatic rings. The second-order valence-electron chi connectivity index (χ2n) is 6.27. The van der Waals surface area contributed by atoms with Gasteiger partial charge in [-0.1, -0.05) is 6.92 Å². The van der Waals surface area contributed by atoms with E-state index in [4.69, 9.17) is 0 Å². The van der Waals surface area contributed by atoms with Crippen LogP contribution in [0.25, 0.3) is 11.0 Å². The van der Waals surface area contributed by atoms with Crippen LogP contribution < -0.4 is 10.6 Å². The van der Waals surface area contributed by atoms with E-state index >= 15 is 0 Å². The average molecular weight is 429 g/mol. The van der Waals surface area contributed by atoms with Crippen molar-refractivity contribution in [3.8, 4) is 0 Å². The van der Waals surface area contributed by atoms with Crippen LogP contribution in [0.2, 0.25) is 0 Å². The number of rotatable bonds is 6. The van der Waals surface area contributed by atoms with Crippen molar-refractivity contribution in [3.63, 3.8) is 0 Å². The molecule has 0 radical (unpaired) electrons. The minimum Gasteiger partial charge on any atom is -0.350 e. The van der Waals surface area contributed by atoms with Gasteiger partial charge in [-0.15, -0.1) is 24.8 Å². The maximum atomic E-state index is 13.2. The molecule has 2 aromatic rings. The lowest BCUT2D eigenvalue weighted by Gasteiger charge is -2.15. The van der Waals surface area contributed by atoms with Crippen molar-refractivity contribution in [1.29, 1.82) is 0 Å². The molecule has 0 saturated carbocycles. The van der Waals surface area contributed by atoms with Crippen molar-refractivity contribution in [2.24, 2.45) is 0 Å². The Labute approximate surface area is 168 Å². The Morgan fingerprint density at radius 1 is 1.22 bits per heavy atom. The lowest BCUT2D eigenvalue weighted by molar-refractivity contribution is -0.147. The second kappa shape index (κ2) is 10.1. The third-order valence-electron chi connectivity index (χ3n) is 3.84. The van der Waals surface area contributed by atoms with E-state index < -0.39 is 18.0 Å². The largest absolute Gasteiger partial charge is 0.449 e. The van der Waals surface area contributed by atoms with Gasteiger partial charge in [-0.2, -0.15) is 13.2 Å². The Morgan fingerprint density at radius 3 is 2.37 bits per heavy atom. The lowest BCUT2D eigenvalue weighted by atomic mass is 10.1. The molecule has 154 valence electrons. The third kappa shape index (κ3) is 5.99. The van der Waals surface area contributed by atoms with Crippen molar-refractivity contribution in [2.75, 3.05) is 13.1 Å². The molecule has 0 aliphatic heterocycles. The van der Waals surface area contributed by atoms with Crippen LogP contribution in [0.4, 0.5) is 13.2 Å². The number of halogens is 5. The fraction of sp³-hybridized carbons (Fsp3) is 0.529. The molecule has 5 nitrogen and oxygen atoms in total. The van der Waals surface area contributed by atoms with Crippen LogP contribution >= 0.6 is 24.8 Å². The molecule has 0 spiro atoms.